The van der Waals surface area contributed by atoms with E-state index in [0.717, 1.165) is 41.7 Å². The Labute approximate surface area is 179 Å². The molecule has 3 amide bonds. The van der Waals surface area contributed by atoms with Crippen LogP contribution in [0.25, 0.3) is 11.0 Å². The second kappa shape index (κ2) is 7.51. The van der Waals surface area contributed by atoms with Crippen LogP contribution in [0.5, 0.6) is 0 Å². The molecule has 1 fully saturated rings. The van der Waals surface area contributed by atoms with Crippen LogP contribution in [0.15, 0.2) is 22.6 Å². The number of carboxylic acid groups (broad SMARTS) is 1. The highest BCUT2D eigenvalue weighted by Crippen LogP contribution is 2.33. The molecule has 0 radical (unpaired) electrons. The molecule has 31 heavy (non-hydrogen) atoms. The van der Waals surface area contributed by atoms with E-state index in [9.17, 15) is 24.3 Å². The van der Waals surface area contributed by atoms with Gasteiger partial charge < -0.3 is 14.4 Å². The molecule has 1 aromatic carbocycles. The number of Topliss-reactive ketones (excluding diaryl/α,β-unsaturated/α-hetero) is 1. The van der Waals surface area contributed by atoms with Crippen molar-refractivity contribution in [1.29, 1.82) is 0 Å². The molecule has 1 N–H and O–H groups in total. The van der Waals surface area contributed by atoms with E-state index >= 15 is 0 Å². The number of aryl methyl sites for hydroxylation is 2. The number of aliphatic carboxylic acids is 1. The van der Waals surface area contributed by atoms with Crippen LogP contribution < -0.4 is 0 Å². The molecular weight excluding hydrogens is 400 g/mol. The largest absolute Gasteiger partial charge is 0.481 e. The van der Waals surface area contributed by atoms with E-state index in [-0.39, 0.29) is 18.7 Å². The fourth-order valence-electron chi connectivity index (χ4n) is 4.37. The van der Waals surface area contributed by atoms with Gasteiger partial charge in [0.1, 0.15) is 16.9 Å². The lowest BCUT2D eigenvalue weighted by molar-refractivity contribution is -0.143. The number of furan rings is 1. The van der Waals surface area contributed by atoms with E-state index in [1.54, 1.807) is 26.0 Å². The van der Waals surface area contributed by atoms with Crippen molar-refractivity contribution >= 4 is 34.7 Å². The van der Waals surface area contributed by atoms with E-state index in [4.69, 9.17) is 4.42 Å². The number of urea groups is 1. The Morgan fingerprint density at radius 2 is 1.90 bits per heavy atom. The van der Waals surface area contributed by atoms with Gasteiger partial charge in [0.25, 0.3) is 5.91 Å². The summed E-state index contributed by atoms with van der Waals surface area (Å²) in [4.78, 5) is 51.9. The minimum absolute atomic E-state index is 0.317. The molecule has 1 unspecified atom stereocenters. The summed E-state index contributed by atoms with van der Waals surface area (Å²) in [5.41, 5.74) is 1.15. The molecule has 0 spiro atoms. The molecule has 8 nitrogen and oxygen atoms in total. The molecule has 4 rings (SSSR count). The van der Waals surface area contributed by atoms with Gasteiger partial charge >= 0.3 is 12.0 Å². The molecule has 2 aliphatic rings. The summed E-state index contributed by atoms with van der Waals surface area (Å²) in [6.45, 7) is 2.86. The average Bonchev–Trinajstić information content (AvgIpc) is 3.17. The van der Waals surface area contributed by atoms with E-state index in [0.29, 0.717) is 11.1 Å². The van der Waals surface area contributed by atoms with Crippen LogP contribution in [0, 0.1) is 5.92 Å². The minimum Gasteiger partial charge on any atom is -0.481 e. The topological polar surface area (TPSA) is 108 Å². The Kier molecular flexibility index (Phi) is 5.11. The predicted molar refractivity (Wildman–Crippen MR) is 112 cm³/mol. The fraction of sp³-hybridized carbons (Fsp3) is 0.478. The lowest BCUT2D eigenvalue weighted by atomic mass is 9.94. The summed E-state index contributed by atoms with van der Waals surface area (Å²) in [5, 5.41) is 10.6. The molecule has 0 bridgehead atoms. The van der Waals surface area contributed by atoms with Gasteiger partial charge in [0, 0.05) is 42.9 Å². The molecule has 0 saturated carbocycles. The maximum Gasteiger partial charge on any atom is 0.327 e. The highest BCUT2D eigenvalue weighted by molar-refractivity contribution is 6.07. The normalized spacial score (nSPS) is 19.1. The molecule has 1 aliphatic carbocycles. The fourth-order valence-corrected chi connectivity index (χ4v) is 4.37. The molecule has 1 aliphatic heterocycles. The van der Waals surface area contributed by atoms with E-state index in [2.05, 4.69) is 0 Å². The quantitative estimate of drug-likeness (QED) is 0.561. The van der Waals surface area contributed by atoms with E-state index in [1.807, 2.05) is 6.07 Å². The highest BCUT2D eigenvalue weighted by atomic mass is 16.4. The third-order valence-electron chi connectivity index (χ3n) is 6.59. The van der Waals surface area contributed by atoms with Gasteiger partial charge in [0.2, 0.25) is 0 Å². The highest BCUT2D eigenvalue weighted by Gasteiger charge is 2.50. The monoisotopic (exact) mass is 426 g/mol. The van der Waals surface area contributed by atoms with E-state index < -0.39 is 29.4 Å². The van der Waals surface area contributed by atoms with Crippen LogP contribution >= 0.6 is 0 Å². The first kappa shape index (κ1) is 21.1. The Morgan fingerprint density at radius 3 is 2.55 bits per heavy atom. The van der Waals surface area contributed by atoms with Crippen molar-refractivity contribution in [3.63, 3.8) is 0 Å². The summed E-state index contributed by atoms with van der Waals surface area (Å²) in [5.74, 6) is -2.29. The Morgan fingerprint density at radius 1 is 1.19 bits per heavy atom. The van der Waals surface area contributed by atoms with Gasteiger partial charge in [-0.2, -0.15) is 0 Å². The molecule has 164 valence electrons. The third-order valence-corrected chi connectivity index (χ3v) is 6.59. The summed E-state index contributed by atoms with van der Waals surface area (Å²) in [6, 6.07) is 4.66. The molecule has 1 atom stereocenters. The van der Waals surface area contributed by atoms with Crippen molar-refractivity contribution in [3.05, 3.63) is 35.1 Å². The third kappa shape index (κ3) is 3.49. The van der Waals surface area contributed by atoms with Crippen molar-refractivity contribution in [3.8, 4) is 0 Å². The summed E-state index contributed by atoms with van der Waals surface area (Å²) >= 11 is 0. The smallest absolute Gasteiger partial charge is 0.327 e. The Bertz CT molecular complexity index is 1100. The number of carbonyl (C=O) groups is 4. The lowest BCUT2D eigenvalue weighted by Crippen LogP contribution is -2.42. The number of fused-ring (bicyclic) bond motifs is 3. The zero-order chi connectivity index (χ0) is 22.5. The standard InChI is InChI=1S/C23H26N2O6/c1-23(2)21(29)25(22(30)24(23)3)12-14(20(27)28)10-17(26)13-8-9-16-15-6-4-5-7-18(15)31-19(16)11-13/h8-9,11,14H,4-7,10,12H2,1-3H3,(H,27,28). The SMILES string of the molecule is CN1C(=O)N(CC(CC(=O)c2ccc3c4c(oc3c2)CCCC4)C(=O)O)C(=O)C1(C)C. The van der Waals surface area contributed by atoms with E-state index in [1.165, 1.54) is 17.5 Å². The van der Waals surface area contributed by atoms with Crippen LogP contribution in [0.4, 0.5) is 4.79 Å². The molecular formula is C23H26N2O6. The Hall–Kier alpha value is -3.16. The van der Waals surface area contributed by atoms with Crippen LogP contribution in [-0.2, 0) is 22.4 Å². The number of benzene rings is 1. The van der Waals surface area contributed by atoms with Crippen LogP contribution in [0.1, 0.15) is 54.8 Å². The number of hydrogen-bond donors (Lipinski definition) is 1. The number of imide groups is 1. The maximum absolute atomic E-state index is 12.9. The first-order chi connectivity index (χ1) is 14.6. The van der Waals surface area contributed by atoms with Crippen molar-refractivity contribution in [2.24, 2.45) is 5.92 Å². The van der Waals surface area contributed by atoms with Crippen molar-refractivity contribution in [2.45, 2.75) is 51.5 Å². The number of nitrogens with zero attached hydrogens (tertiary/aromatic N) is 2. The number of hydrogen-bond acceptors (Lipinski definition) is 5. The first-order valence-corrected chi connectivity index (χ1v) is 10.5. The van der Waals surface area contributed by atoms with Crippen LogP contribution in [0.3, 0.4) is 0 Å². The molecule has 1 aromatic heterocycles. The first-order valence-electron chi connectivity index (χ1n) is 10.5. The van der Waals surface area contributed by atoms with Crippen molar-refractivity contribution < 1.29 is 28.7 Å². The number of amides is 3. The van der Waals surface area contributed by atoms with Gasteiger partial charge in [-0.25, -0.2) is 4.79 Å². The summed E-state index contributed by atoms with van der Waals surface area (Å²) in [7, 11) is 1.50. The van der Waals surface area contributed by atoms with Gasteiger partial charge in [0.05, 0.1) is 5.92 Å². The second-order valence-corrected chi connectivity index (χ2v) is 8.90. The second-order valence-electron chi connectivity index (χ2n) is 8.90. The van der Waals surface area contributed by atoms with Gasteiger partial charge in [-0.15, -0.1) is 0 Å². The summed E-state index contributed by atoms with van der Waals surface area (Å²) in [6.07, 6.45) is 3.72. The van der Waals surface area contributed by atoms with Gasteiger partial charge in [-0.3, -0.25) is 19.3 Å². The lowest BCUT2D eigenvalue weighted by Gasteiger charge is -2.22. The Balaban J connectivity index is 1.53. The average molecular weight is 426 g/mol. The minimum atomic E-state index is -1.23. The van der Waals surface area contributed by atoms with Gasteiger partial charge in [0.15, 0.2) is 5.78 Å². The number of rotatable bonds is 6. The zero-order valence-corrected chi connectivity index (χ0v) is 17.9. The molecule has 8 heteroatoms. The molecule has 2 heterocycles. The van der Waals surface area contributed by atoms with Crippen LogP contribution in [0.2, 0.25) is 0 Å². The van der Waals surface area contributed by atoms with Crippen LogP contribution in [-0.4, -0.2) is 57.7 Å². The van der Waals surface area contributed by atoms with Crippen molar-refractivity contribution in [2.75, 3.05) is 13.6 Å². The van der Waals surface area contributed by atoms with Gasteiger partial charge in [-0.1, -0.05) is 12.1 Å². The number of ketones is 1. The number of carbonyl (C=O) groups excluding carboxylic acids is 3. The van der Waals surface area contributed by atoms with Crippen molar-refractivity contribution in [1.82, 2.24) is 9.80 Å². The maximum atomic E-state index is 12.9. The number of carboxylic acids is 1. The summed E-state index contributed by atoms with van der Waals surface area (Å²) < 4.78 is 5.93. The molecule has 2 aromatic rings. The number of likely N-dealkylation sites (N-methyl/N-ethyl adjacent to an activating group) is 1. The van der Waals surface area contributed by atoms with Gasteiger partial charge in [-0.05, 0) is 39.2 Å². The zero-order valence-electron chi connectivity index (χ0n) is 17.9. The predicted octanol–water partition coefficient (Wildman–Crippen LogP) is 3.26. The molecule has 1 saturated heterocycles.